The Morgan fingerprint density at radius 1 is 1.00 bits per heavy atom. The summed E-state index contributed by atoms with van der Waals surface area (Å²) in [5, 5.41) is 10.6. The Balaban J connectivity index is 1.81. The van der Waals surface area contributed by atoms with E-state index >= 15 is 0 Å². The first-order chi connectivity index (χ1) is 8.83. The number of aromatic hydroxyl groups is 1. The predicted octanol–water partition coefficient (Wildman–Crippen LogP) is 2.67. The normalized spacial score (nSPS) is 10.9. The zero-order chi connectivity index (χ0) is 12.4. The van der Waals surface area contributed by atoms with Gasteiger partial charge in [-0.3, -0.25) is 0 Å². The SMILES string of the molecule is Oc1cccc2c[n+](CCc3ccccc3)oc12. The van der Waals surface area contributed by atoms with Crippen molar-refractivity contribution in [2.45, 2.75) is 13.0 Å². The quantitative estimate of drug-likeness (QED) is 0.715. The molecule has 0 fully saturated rings. The van der Waals surface area contributed by atoms with Gasteiger partial charge < -0.3 is 5.11 Å². The molecule has 0 amide bonds. The van der Waals surface area contributed by atoms with Crippen LogP contribution in [0, 0.1) is 0 Å². The molecule has 18 heavy (non-hydrogen) atoms. The third-order valence-electron chi connectivity index (χ3n) is 2.98. The van der Waals surface area contributed by atoms with Crippen LogP contribution in [0.15, 0.2) is 59.3 Å². The van der Waals surface area contributed by atoms with Crippen LogP contribution in [0.25, 0.3) is 11.0 Å². The van der Waals surface area contributed by atoms with Crippen LogP contribution >= 0.6 is 0 Å². The van der Waals surface area contributed by atoms with Crippen LogP contribution in [-0.4, -0.2) is 5.11 Å². The molecule has 0 spiro atoms. The molecule has 3 heteroatoms. The van der Waals surface area contributed by atoms with Crippen LogP contribution in [0.5, 0.6) is 5.75 Å². The number of fused-ring (bicyclic) bond motifs is 1. The first-order valence-electron chi connectivity index (χ1n) is 5.98. The summed E-state index contributed by atoms with van der Waals surface area (Å²) < 4.78 is 7.35. The van der Waals surface area contributed by atoms with Crippen molar-refractivity contribution >= 4 is 11.0 Å². The molecule has 0 saturated carbocycles. The van der Waals surface area contributed by atoms with E-state index in [-0.39, 0.29) is 5.75 Å². The lowest BCUT2D eigenvalue weighted by molar-refractivity contribution is -0.859. The van der Waals surface area contributed by atoms with E-state index in [1.165, 1.54) is 5.56 Å². The lowest BCUT2D eigenvalue weighted by Gasteiger charge is -1.94. The first-order valence-corrected chi connectivity index (χ1v) is 5.98. The summed E-state index contributed by atoms with van der Waals surface area (Å²) >= 11 is 0. The number of para-hydroxylation sites is 1. The third kappa shape index (κ3) is 2.07. The highest BCUT2D eigenvalue weighted by Gasteiger charge is 2.13. The maximum absolute atomic E-state index is 9.66. The standard InChI is InChI=1S/C15H13NO2/c17-14-8-4-7-13-11-16(18-15(13)14)10-9-12-5-2-1-3-6-12/h1-8,11H,9-10H2/p+1. The smallest absolute Gasteiger partial charge is 0.258 e. The van der Waals surface area contributed by atoms with Crippen molar-refractivity contribution in [1.29, 1.82) is 0 Å². The Bertz CT molecular complexity index is 659. The second-order valence-electron chi connectivity index (χ2n) is 4.29. The summed E-state index contributed by atoms with van der Waals surface area (Å²) in [4.78, 5) is 0. The van der Waals surface area contributed by atoms with Gasteiger partial charge in [0.15, 0.2) is 12.3 Å². The number of benzene rings is 2. The van der Waals surface area contributed by atoms with Crippen molar-refractivity contribution < 1.29 is 14.4 Å². The van der Waals surface area contributed by atoms with E-state index in [0.29, 0.717) is 5.58 Å². The van der Waals surface area contributed by atoms with Crippen molar-refractivity contribution in [1.82, 2.24) is 0 Å². The molecular formula is C15H14NO2+. The molecule has 3 aromatic rings. The van der Waals surface area contributed by atoms with Gasteiger partial charge in [0.2, 0.25) is 6.20 Å². The molecule has 0 radical (unpaired) electrons. The summed E-state index contributed by atoms with van der Waals surface area (Å²) in [7, 11) is 0. The molecule has 3 nitrogen and oxygen atoms in total. The number of nitrogens with zero attached hydrogens (tertiary/aromatic N) is 1. The fraction of sp³-hybridized carbons (Fsp3) is 0.133. The minimum atomic E-state index is 0.186. The number of aryl methyl sites for hydroxylation is 2. The second kappa shape index (κ2) is 4.53. The molecular weight excluding hydrogens is 226 g/mol. The third-order valence-corrected chi connectivity index (χ3v) is 2.98. The molecule has 1 N–H and O–H groups in total. The van der Waals surface area contributed by atoms with Crippen molar-refractivity contribution in [2.24, 2.45) is 0 Å². The summed E-state index contributed by atoms with van der Waals surface area (Å²) in [5.74, 6) is 0.186. The van der Waals surface area contributed by atoms with E-state index in [0.717, 1.165) is 18.4 Å². The number of phenolic OH excluding ortho intramolecular Hbond substituents is 1. The van der Waals surface area contributed by atoms with Gasteiger partial charge in [-0.1, -0.05) is 36.4 Å². The van der Waals surface area contributed by atoms with Gasteiger partial charge in [-0.15, -0.1) is 0 Å². The summed E-state index contributed by atoms with van der Waals surface area (Å²) in [6.45, 7) is 0.762. The largest absolute Gasteiger partial charge is 0.504 e. The van der Waals surface area contributed by atoms with Gasteiger partial charge in [0.25, 0.3) is 5.58 Å². The van der Waals surface area contributed by atoms with Crippen molar-refractivity contribution in [3.05, 3.63) is 60.3 Å². The Morgan fingerprint density at radius 2 is 1.83 bits per heavy atom. The molecule has 0 aliphatic carbocycles. The van der Waals surface area contributed by atoms with Gasteiger partial charge in [-0.2, -0.15) is 0 Å². The Labute approximate surface area is 105 Å². The molecule has 1 heterocycles. The predicted molar refractivity (Wildman–Crippen MR) is 68.2 cm³/mol. The molecule has 0 atom stereocenters. The summed E-state index contributed by atoms with van der Waals surface area (Å²) in [5.41, 5.74) is 1.82. The average molecular weight is 240 g/mol. The van der Waals surface area contributed by atoms with E-state index in [1.807, 2.05) is 36.5 Å². The number of aromatic nitrogens is 1. The average Bonchev–Trinajstić information content (AvgIpc) is 2.82. The van der Waals surface area contributed by atoms with Crippen molar-refractivity contribution in [2.75, 3.05) is 0 Å². The lowest BCUT2D eigenvalue weighted by atomic mass is 10.1. The lowest BCUT2D eigenvalue weighted by Crippen LogP contribution is -2.31. The van der Waals surface area contributed by atoms with Crippen LogP contribution < -0.4 is 4.74 Å². The highest BCUT2D eigenvalue weighted by Crippen LogP contribution is 2.22. The molecule has 3 rings (SSSR count). The molecule has 0 aliphatic heterocycles. The van der Waals surface area contributed by atoms with E-state index in [9.17, 15) is 5.11 Å². The number of hydrogen-bond acceptors (Lipinski definition) is 2. The van der Waals surface area contributed by atoms with Gasteiger partial charge in [-0.05, 0) is 22.4 Å². The zero-order valence-electron chi connectivity index (χ0n) is 9.91. The summed E-state index contributed by atoms with van der Waals surface area (Å²) in [6, 6.07) is 15.6. The second-order valence-corrected chi connectivity index (χ2v) is 4.29. The molecule has 0 saturated heterocycles. The van der Waals surface area contributed by atoms with Crippen LogP contribution in [0.2, 0.25) is 0 Å². The first kappa shape index (κ1) is 10.8. The van der Waals surface area contributed by atoms with Crippen LogP contribution in [0.4, 0.5) is 0 Å². The molecule has 2 aromatic carbocycles. The van der Waals surface area contributed by atoms with Crippen LogP contribution in [0.3, 0.4) is 0 Å². The molecule has 90 valence electrons. The van der Waals surface area contributed by atoms with Crippen molar-refractivity contribution in [3.63, 3.8) is 0 Å². The Hall–Kier alpha value is -2.29. The maximum Gasteiger partial charge on any atom is 0.258 e. The van der Waals surface area contributed by atoms with E-state index < -0.39 is 0 Å². The molecule has 0 aliphatic rings. The van der Waals surface area contributed by atoms with Gasteiger partial charge in [0, 0.05) is 6.42 Å². The van der Waals surface area contributed by atoms with E-state index in [1.54, 1.807) is 10.8 Å². The minimum absolute atomic E-state index is 0.186. The fourth-order valence-electron chi connectivity index (χ4n) is 2.04. The highest BCUT2D eigenvalue weighted by molar-refractivity contribution is 5.80. The fourth-order valence-corrected chi connectivity index (χ4v) is 2.04. The van der Waals surface area contributed by atoms with E-state index in [4.69, 9.17) is 4.52 Å². The number of phenols is 1. The van der Waals surface area contributed by atoms with Crippen LogP contribution in [-0.2, 0) is 13.0 Å². The minimum Gasteiger partial charge on any atom is -0.504 e. The Kier molecular flexibility index (Phi) is 2.73. The molecule has 1 aromatic heterocycles. The topological polar surface area (TPSA) is 37.2 Å². The highest BCUT2D eigenvalue weighted by atomic mass is 16.5. The Morgan fingerprint density at radius 3 is 2.61 bits per heavy atom. The van der Waals surface area contributed by atoms with Gasteiger partial charge in [0.05, 0.1) is 5.39 Å². The molecule has 0 unspecified atom stereocenters. The molecule has 0 bridgehead atoms. The maximum atomic E-state index is 9.66. The number of hydrogen-bond donors (Lipinski definition) is 1. The van der Waals surface area contributed by atoms with Gasteiger partial charge >= 0.3 is 0 Å². The zero-order valence-corrected chi connectivity index (χ0v) is 9.91. The summed E-state index contributed by atoms with van der Waals surface area (Å²) in [6.07, 6.45) is 2.82. The number of rotatable bonds is 3. The van der Waals surface area contributed by atoms with Gasteiger partial charge in [0.1, 0.15) is 0 Å². The van der Waals surface area contributed by atoms with Crippen molar-refractivity contribution in [3.8, 4) is 5.75 Å². The van der Waals surface area contributed by atoms with E-state index in [2.05, 4.69) is 12.1 Å². The van der Waals surface area contributed by atoms with Gasteiger partial charge in [-0.25, -0.2) is 4.52 Å². The monoisotopic (exact) mass is 240 g/mol. The van der Waals surface area contributed by atoms with Crippen LogP contribution in [0.1, 0.15) is 5.56 Å².